The number of carbonyl (C=O) groups is 1. The number of methoxy groups -OCH3 is 1. The molecule has 2 amide bonds. The molecule has 0 aromatic heterocycles. The summed E-state index contributed by atoms with van der Waals surface area (Å²) in [6, 6.07) is 14.3. The van der Waals surface area contributed by atoms with E-state index in [2.05, 4.69) is 10.5 Å². The van der Waals surface area contributed by atoms with E-state index >= 15 is 0 Å². The maximum absolute atomic E-state index is 11.9. The molecule has 2 aromatic rings. The maximum Gasteiger partial charge on any atom is 0.368 e. The number of nitrogens with zero attached hydrogens (tertiary/aromatic N) is 3. The predicted octanol–water partition coefficient (Wildman–Crippen LogP) is 3.25. The molecule has 0 atom stereocenters. The standard InChI is InChI=1S/C16H13ClN3O2/c1-22-14-8-2-11(3-9-14)10-20-15(18-19-16(20)21)12-4-6-13(17)7-5-12/h2-9H,10H2,1H3. The Morgan fingerprint density at radius 2 is 1.77 bits per heavy atom. The third kappa shape index (κ3) is 2.89. The lowest BCUT2D eigenvalue weighted by atomic mass is 10.1. The van der Waals surface area contributed by atoms with Crippen LogP contribution in [-0.2, 0) is 6.54 Å². The first-order chi connectivity index (χ1) is 10.7. The van der Waals surface area contributed by atoms with Crippen LogP contribution < -0.4 is 10.2 Å². The number of carbonyl (C=O) groups excluding carboxylic acids is 1. The first-order valence-electron chi connectivity index (χ1n) is 6.66. The second kappa shape index (κ2) is 6.07. The molecule has 0 saturated carbocycles. The Morgan fingerprint density at radius 1 is 1.09 bits per heavy atom. The van der Waals surface area contributed by atoms with Crippen molar-refractivity contribution in [3.63, 3.8) is 0 Å². The summed E-state index contributed by atoms with van der Waals surface area (Å²) in [7, 11) is 1.61. The van der Waals surface area contributed by atoms with E-state index < -0.39 is 0 Å². The van der Waals surface area contributed by atoms with Crippen molar-refractivity contribution < 1.29 is 9.53 Å². The van der Waals surface area contributed by atoms with Crippen molar-refractivity contribution in [3.8, 4) is 5.75 Å². The summed E-state index contributed by atoms with van der Waals surface area (Å²) in [5.74, 6) is 1.30. The Bertz CT molecular complexity index is 711. The number of ether oxygens (including phenoxy) is 1. The summed E-state index contributed by atoms with van der Waals surface area (Å²) < 4.78 is 5.13. The van der Waals surface area contributed by atoms with Crippen LogP contribution in [-0.4, -0.2) is 23.9 Å². The number of amides is 2. The molecule has 111 valence electrons. The average Bonchev–Trinajstić information content (AvgIpc) is 2.90. The zero-order chi connectivity index (χ0) is 15.5. The van der Waals surface area contributed by atoms with Crippen molar-refractivity contribution in [2.45, 2.75) is 6.54 Å². The maximum atomic E-state index is 11.9. The van der Waals surface area contributed by atoms with Crippen molar-refractivity contribution in [2.75, 3.05) is 7.11 Å². The van der Waals surface area contributed by atoms with Gasteiger partial charge in [0.1, 0.15) is 5.75 Å². The number of urea groups is 1. The van der Waals surface area contributed by atoms with Crippen LogP contribution >= 0.6 is 11.6 Å². The van der Waals surface area contributed by atoms with Gasteiger partial charge in [-0.25, -0.2) is 4.79 Å². The van der Waals surface area contributed by atoms with Crippen LogP contribution in [0.5, 0.6) is 5.75 Å². The van der Waals surface area contributed by atoms with Crippen molar-refractivity contribution in [1.29, 1.82) is 0 Å². The number of halogens is 1. The number of hydrogen-bond acceptors (Lipinski definition) is 3. The van der Waals surface area contributed by atoms with Gasteiger partial charge in [-0.05, 0) is 42.0 Å². The lowest BCUT2D eigenvalue weighted by Gasteiger charge is -2.17. The van der Waals surface area contributed by atoms with Gasteiger partial charge in [0.2, 0.25) is 0 Å². The molecule has 1 heterocycles. The van der Waals surface area contributed by atoms with Crippen LogP contribution in [0.4, 0.5) is 4.79 Å². The molecular formula is C16H13ClN3O2. The Hall–Kier alpha value is -2.53. The molecule has 0 saturated heterocycles. The van der Waals surface area contributed by atoms with Gasteiger partial charge < -0.3 is 4.74 Å². The van der Waals surface area contributed by atoms with E-state index in [0.29, 0.717) is 17.4 Å². The monoisotopic (exact) mass is 314 g/mol. The zero-order valence-electron chi connectivity index (χ0n) is 11.9. The van der Waals surface area contributed by atoms with E-state index in [-0.39, 0.29) is 6.03 Å². The summed E-state index contributed by atoms with van der Waals surface area (Å²) in [6.07, 6.45) is 0. The minimum absolute atomic E-state index is 0.374. The highest BCUT2D eigenvalue weighted by Gasteiger charge is 2.28. The van der Waals surface area contributed by atoms with Gasteiger partial charge in [0.15, 0.2) is 5.84 Å². The molecule has 1 aliphatic heterocycles. The second-order valence-electron chi connectivity index (χ2n) is 4.75. The fraction of sp³-hybridized carbons (Fsp3) is 0.125. The largest absolute Gasteiger partial charge is 0.497 e. The van der Waals surface area contributed by atoms with E-state index in [0.717, 1.165) is 16.9 Å². The number of amidine groups is 1. The number of benzene rings is 2. The van der Waals surface area contributed by atoms with Gasteiger partial charge in [-0.1, -0.05) is 29.2 Å². The fourth-order valence-electron chi connectivity index (χ4n) is 2.16. The third-order valence-corrected chi connectivity index (χ3v) is 3.57. The topological polar surface area (TPSA) is 56.0 Å². The molecule has 5 nitrogen and oxygen atoms in total. The normalized spacial score (nSPS) is 13.8. The van der Waals surface area contributed by atoms with E-state index in [4.69, 9.17) is 16.3 Å². The van der Waals surface area contributed by atoms with Crippen molar-refractivity contribution in [1.82, 2.24) is 10.3 Å². The molecule has 0 spiro atoms. The van der Waals surface area contributed by atoms with Crippen LogP contribution in [0.1, 0.15) is 11.1 Å². The van der Waals surface area contributed by atoms with Crippen molar-refractivity contribution in [2.24, 2.45) is 5.10 Å². The Kier molecular flexibility index (Phi) is 3.98. The first-order valence-corrected chi connectivity index (χ1v) is 7.04. The van der Waals surface area contributed by atoms with E-state index in [1.54, 1.807) is 19.2 Å². The van der Waals surface area contributed by atoms with E-state index in [1.165, 1.54) is 4.90 Å². The minimum Gasteiger partial charge on any atom is -0.497 e. The van der Waals surface area contributed by atoms with Gasteiger partial charge in [-0.3, -0.25) is 4.90 Å². The van der Waals surface area contributed by atoms with Crippen LogP contribution in [0, 0.1) is 0 Å². The summed E-state index contributed by atoms with van der Waals surface area (Å²) in [5, 5.41) is 4.61. The van der Waals surface area contributed by atoms with Crippen LogP contribution in [0.25, 0.3) is 0 Å². The van der Waals surface area contributed by atoms with E-state index in [1.807, 2.05) is 36.4 Å². The molecule has 0 fully saturated rings. The smallest absolute Gasteiger partial charge is 0.368 e. The summed E-state index contributed by atoms with van der Waals surface area (Å²) >= 11 is 5.89. The van der Waals surface area contributed by atoms with Gasteiger partial charge in [0.25, 0.3) is 0 Å². The Labute approximate surface area is 133 Å². The summed E-state index contributed by atoms with van der Waals surface area (Å²) in [4.78, 5) is 13.5. The molecule has 2 aromatic carbocycles. The fourth-order valence-corrected chi connectivity index (χ4v) is 2.28. The lowest BCUT2D eigenvalue weighted by molar-refractivity contribution is 0.224. The zero-order valence-corrected chi connectivity index (χ0v) is 12.6. The summed E-state index contributed by atoms with van der Waals surface area (Å²) in [6.45, 7) is 0.397. The molecular weight excluding hydrogens is 302 g/mol. The minimum atomic E-state index is -0.374. The highest BCUT2D eigenvalue weighted by atomic mass is 35.5. The Balaban J connectivity index is 1.82. The molecule has 0 N–H and O–H groups in total. The predicted molar refractivity (Wildman–Crippen MR) is 84.1 cm³/mol. The number of hydrogen-bond donors (Lipinski definition) is 0. The molecule has 6 heteroatoms. The third-order valence-electron chi connectivity index (χ3n) is 3.32. The van der Waals surface area contributed by atoms with Gasteiger partial charge in [0, 0.05) is 10.6 Å². The SMILES string of the molecule is COc1ccc(CN2C(=O)[N]N=C2c2ccc(Cl)cc2)cc1. The van der Waals surface area contributed by atoms with Gasteiger partial charge in [-0.15, -0.1) is 5.10 Å². The Morgan fingerprint density at radius 3 is 2.41 bits per heavy atom. The second-order valence-corrected chi connectivity index (χ2v) is 5.18. The van der Waals surface area contributed by atoms with Crippen LogP contribution in [0.3, 0.4) is 0 Å². The van der Waals surface area contributed by atoms with Gasteiger partial charge >= 0.3 is 6.03 Å². The van der Waals surface area contributed by atoms with E-state index in [9.17, 15) is 4.79 Å². The van der Waals surface area contributed by atoms with Gasteiger partial charge in [0.05, 0.1) is 13.7 Å². The molecule has 0 unspecified atom stereocenters. The average molecular weight is 315 g/mol. The first kappa shape index (κ1) is 14.4. The van der Waals surface area contributed by atoms with Crippen molar-refractivity contribution >= 4 is 23.5 Å². The van der Waals surface area contributed by atoms with Crippen LogP contribution in [0.15, 0.2) is 53.6 Å². The molecule has 22 heavy (non-hydrogen) atoms. The highest BCUT2D eigenvalue weighted by Crippen LogP contribution is 2.19. The number of rotatable bonds is 4. The highest BCUT2D eigenvalue weighted by molar-refractivity contribution is 6.30. The quantitative estimate of drug-likeness (QED) is 0.869. The molecule has 0 aliphatic carbocycles. The van der Waals surface area contributed by atoms with Gasteiger partial charge in [-0.2, -0.15) is 0 Å². The molecule has 1 aliphatic rings. The molecule has 1 radical (unpaired) electrons. The summed E-state index contributed by atoms with van der Waals surface area (Å²) in [5.41, 5.74) is 5.41. The van der Waals surface area contributed by atoms with Crippen LogP contribution in [0.2, 0.25) is 5.02 Å². The lowest BCUT2D eigenvalue weighted by Crippen LogP contribution is -2.32. The molecule has 0 bridgehead atoms. The molecule has 3 rings (SSSR count). The van der Waals surface area contributed by atoms with Crippen molar-refractivity contribution in [3.05, 3.63) is 64.7 Å².